The predicted molar refractivity (Wildman–Crippen MR) is 108 cm³/mol. The van der Waals surface area contributed by atoms with Crippen LogP contribution < -0.4 is 5.32 Å². The van der Waals surface area contributed by atoms with Crippen LogP contribution in [-0.4, -0.2) is 27.1 Å². The maximum atomic E-state index is 12.9. The first-order valence-electron chi connectivity index (χ1n) is 9.69. The lowest BCUT2D eigenvalue weighted by molar-refractivity contribution is -0.125. The number of imide groups is 1. The van der Waals surface area contributed by atoms with E-state index < -0.39 is 11.8 Å². The van der Waals surface area contributed by atoms with Gasteiger partial charge in [-0.05, 0) is 23.3 Å². The summed E-state index contributed by atoms with van der Waals surface area (Å²) in [6.07, 6.45) is 4.22. The molecular formula is C23H17N3O3. The predicted octanol–water partition coefficient (Wildman–Crippen LogP) is 3.23. The molecule has 0 spiro atoms. The lowest BCUT2D eigenvalue weighted by atomic mass is 9.83. The normalized spacial score (nSPS) is 21.3. The van der Waals surface area contributed by atoms with Crippen LogP contribution in [0.1, 0.15) is 39.7 Å². The summed E-state index contributed by atoms with van der Waals surface area (Å²) in [5, 5.41) is 4.34. The first kappa shape index (κ1) is 16.3. The second kappa shape index (κ2) is 5.67. The van der Waals surface area contributed by atoms with Crippen LogP contribution in [0.2, 0.25) is 0 Å². The number of aromatic amines is 1. The molecule has 0 bridgehead atoms. The number of H-pyrrole nitrogens is 1. The van der Waals surface area contributed by atoms with Crippen LogP contribution in [0.15, 0.2) is 54.9 Å². The largest absolute Gasteiger partial charge is 0.361 e. The number of para-hydroxylation sites is 2. The highest BCUT2D eigenvalue weighted by Crippen LogP contribution is 2.44. The van der Waals surface area contributed by atoms with Crippen molar-refractivity contribution in [2.24, 2.45) is 0 Å². The maximum Gasteiger partial charge on any atom is 0.235 e. The smallest absolute Gasteiger partial charge is 0.235 e. The van der Waals surface area contributed by atoms with E-state index in [1.165, 1.54) is 0 Å². The van der Waals surface area contributed by atoms with Gasteiger partial charge in [-0.25, -0.2) is 0 Å². The van der Waals surface area contributed by atoms with Gasteiger partial charge in [-0.3, -0.25) is 19.7 Å². The molecule has 6 nitrogen and oxygen atoms in total. The molecular weight excluding hydrogens is 366 g/mol. The number of nitrogens with one attached hydrogen (secondary N) is 2. The highest BCUT2D eigenvalue weighted by molar-refractivity contribution is 6.15. The number of fused-ring (bicyclic) bond motifs is 1. The summed E-state index contributed by atoms with van der Waals surface area (Å²) in [5.74, 6) is -1.70. The van der Waals surface area contributed by atoms with Crippen LogP contribution in [0.3, 0.4) is 0 Å². The van der Waals surface area contributed by atoms with Gasteiger partial charge in [0.1, 0.15) is 0 Å². The molecule has 142 valence electrons. The van der Waals surface area contributed by atoms with Crippen LogP contribution in [0.25, 0.3) is 21.8 Å². The summed E-state index contributed by atoms with van der Waals surface area (Å²) in [6.45, 7) is 0.590. The number of carbonyl (C=O) groups is 3. The van der Waals surface area contributed by atoms with Crippen molar-refractivity contribution in [2.45, 2.75) is 24.8 Å². The van der Waals surface area contributed by atoms with E-state index >= 15 is 0 Å². The van der Waals surface area contributed by atoms with E-state index in [1.807, 2.05) is 59.4 Å². The summed E-state index contributed by atoms with van der Waals surface area (Å²) >= 11 is 0. The Morgan fingerprint density at radius 3 is 2.48 bits per heavy atom. The molecule has 2 aromatic carbocycles. The van der Waals surface area contributed by atoms with E-state index in [2.05, 4.69) is 10.3 Å². The van der Waals surface area contributed by atoms with Crippen LogP contribution in [0, 0.1) is 0 Å². The topological polar surface area (TPSA) is 84.0 Å². The van der Waals surface area contributed by atoms with E-state index in [0.29, 0.717) is 18.5 Å². The number of Topliss-reactive ketones (excluding diaryl/α,β-unsaturated/α-hetero) is 1. The number of aryl methyl sites for hydroxylation is 1. The zero-order valence-corrected chi connectivity index (χ0v) is 15.4. The van der Waals surface area contributed by atoms with Gasteiger partial charge in [-0.1, -0.05) is 30.3 Å². The molecule has 2 atom stereocenters. The summed E-state index contributed by atoms with van der Waals surface area (Å²) < 4.78 is 2.05. The van der Waals surface area contributed by atoms with Gasteiger partial charge in [0.25, 0.3) is 0 Å². The Labute approximate surface area is 165 Å². The summed E-state index contributed by atoms with van der Waals surface area (Å²) in [5.41, 5.74) is 4.10. The molecule has 29 heavy (non-hydrogen) atoms. The number of hydrogen-bond acceptors (Lipinski definition) is 3. The number of amides is 2. The van der Waals surface area contributed by atoms with E-state index in [0.717, 1.165) is 32.9 Å². The van der Waals surface area contributed by atoms with E-state index in [-0.39, 0.29) is 17.6 Å². The molecule has 6 rings (SSSR count). The molecule has 2 N–H and O–H groups in total. The molecule has 1 fully saturated rings. The lowest BCUT2D eigenvalue weighted by Crippen LogP contribution is -2.21. The third-order valence-corrected chi connectivity index (χ3v) is 6.25. The van der Waals surface area contributed by atoms with Crippen LogP contribution in [0.5, 0.6) is 0 Å². The second-order valence-corrected chi connectivity index (χ2v) is 7.75. The number of ketones is 1. The Bertz CT molecular complexity index is 1360. The molecule has 0 radical (unpaired) electrons. The molecule has 0 saturated carbocycles. The van der Waals surface area contributed by atoms with Gasteiger partial charge < -0.3 is 9.55 Å². The Kier molecular flexibility index (Phi) is 3.19. The van der Waals surface area contributed by atoms with Crippen molar-refractivity contribution in [1.29, 1.82) is 0 Å². The number of rotatable bonds is 2. The second-order valence-electron chi connectivity index (χ2n) is 7.75. The molecule has 6 heteroatoms. The van der Waals surface area contributed by atoms with Gasteiger partial charge in [0.15, 0.2) is 5.78 Å². The highest BCUT2D eigenvalue weighted by atomic mass is 16.2. The van der Waals surface area contributed by atoms with Gasteiger partial charge in [-0.15, -0.1) is 0 Å². The minimum absolute atomic E-state index is 0.118. The van der Waals surface area contributed by atoms with E-state index in [4.69, 9.17) is 0 Å². The third-order valence-electron chi connectivity index (χ3n) is 6.25. The summed E-state index contributed by atoms with van der Waals surface area (Å²) in [4.78, 5) is 41.3. The average molecular weight is 383 g/mol. The number of aromatic nitrogens is 2. The fraction of sp³-hybridized carbons (Fsp3) is 0.174. The van der Waals surface area contributed by atoms with Gasteiger partial charge in [0, 0.05) is 47.2 Å². The van der Waals surface area contributed by atoms with Crippen molar-refractivity contribution in [1.82, 2.24) is 14.9 Å². The SMILES string of the molecule is O=C1CCn2cc(C3C(=O)NC(=O)C3c3c[nH]c4ccccc34)c3cccc1c32. The van der Waals surface area contributed by atoms with Crippen molar-refractivity contribution in [3.8, 4) is 0 Å². The molecule has 2 aromatic heterocycles. The molecule has 4 aromatic rings. The Morgan fingerprint density at radius 2 is 1.62 bits per heavy atom. The van der Waals surface area contributed by atoms with Crippen molar-refractivity contribution < 1.29 is 14.4 Å². The third kappa shape index (κ3) is 2.14. The minimum atomic E-state index is -0.631. The zero-order chi connectivity index (χ0) is 19.7. The number of hydrogen-bond donors (Lipinski definition) is 2. The molecule has 1 saturated heterocycles. The molecule has 2 aliphatic rings. The molecule has 4 heterocycles. The Hall–Kier alpha value is -3.67. The van der Waals surface area contributed by atoms with E-state index in [1.54, 1.807) is 0 Å². The van der Waals surface area contributed by atoms with Crippen LogP contribution >= 0.6 is 0 Å². The maximum absolute atomic E-state index is 12.9. The molecule has 0 aliphatic carbocycles. The first-order valence-corrected chi connectivity index (χ1v) is 9.69. The van der Waals surface area contributed by atoms with Gasteiger partial charge in [0.2, 0.25) is 11.8 Å². The van der Waals surface area contributed by atoms with Gasteiger partial charge in [-0.2, -0.15) is 0 Å². The fourth-order valence-electron chi connectivity index (χ4n) is 4.97. The van der Waals surface area contributed by atoms with Crippen LogP contribution in [-0.2, 0) is 16.1 Å². The molecule has 2 amide bonds. The first-order chi connectivity index (χ1) is 14.1. The number of benzene rings is 2. The quantitative estimate of drug-likeness (QED) is 0.521. The van der Waals surface area contributed by atoms with E-state index in [9.17, 15) is 14.4 Å². The Balaban J connectivity index is 1.59. The van der Waals surface area contributed by atoms with Crippen molar-refractivity contribution in [3.63, 3.8) is 0 Å². The highest BCUT2D eigenvalue weighted by Gasteiger charge is 2.46. The summed E-state index contributed by atoms with van der Waals surface area (Å²) in [7, 11) is 0. The molecule has 2 unspecified atom stereocenters. The minimum Gasteiger partial charge on any atom is -0.361 e. The summed E-state index contributed by atoms with van der Waals surface area (Å²) in [6, 6.07) is 13.4. The average Bonchev–Trinajstić information content (AvgIpc) is 3.38. The fourth-order valence-corrected chi connectivity index (χ4v) is 4.97. The monoisotopic (exact) mass is 383 g/mol. The number of nitrogens with zero attached hydrogens (tertiary/aromatic N) is 1. The standard InChI is InChI=1S/C23H17N3O3/c27-18-8-9-26-11-16(13-5-3-6-14(18)21(13)26)20-19(22(28)25-23(20)29)15-10-24-17-7-2-1-4-12(15)17/h1-7,10-11,19-20,24H,8-9H2,(H,25,28,29). The van der Waals surface area contributed by atoms with Crippen molar-refractivity contribution >= 4 is 39.4 Å². The Morgan fingerprint density at radius 1 is 0.862 bits per heavy atom. The lowest BCUT2D eigenvalue weighted by Gasteiger charge is -2.15. The van der Waals surface area contributed by atoms with Crippen LogP contribution in [0.4, 0.5) is 0 Å². The van der Waals surface area contributed by atoms with Gasteiger partial charge >= 0.3 is 0 Å². The molecule has 2 aliphatic heterocycles. The zero-order valence-electron chi connectivity index (χ0n) is 15.4. The van der Waals surface area contributed by atoms with Crippen molar-refractivity contribution in [3.05, 3.63) is 71.5 Å². The number of carbonyl (C=O) groups excluding carboxylic acids is 3. The van der Waals surface area contributed by atoms with Gasteiger partial charge in [0.05, 0.1) is 17.4 Å². The van der Waals surface area contributed by atoms with Crippen molar-refractivity contribution in [2.75, 3.05) is 0 Å².